The van der Waals surface area contributed by atoms with Gasteiger partial charge < -0.3 is 4.74 Å². The SMILES string of the molecule is COc1ccc(-c2cn3cccnc3n2)cc1NS(=O)(=O)Cc1ccc(C)cc1. The van der Waals surface area contributed by atoms with Gasteiger partial charge in [0.2, 0.25) is 15.8 Å². The minimum atomic E-state index is -3.62. The fourth-order valence-corrected chi connectivity index (χ4v) is 4.22. The number of nitrogens with one attached hydrogen (secondary N) is 1. The molecule has 0 bridgehead atoms. The van der Waals surface area contributed by atoms with Crippen LogP contribution in [0.5, 0.6) is 5.75 Å². The maximum absolute atomic E-state index is 12.7. The highest BCUT2D eigenvalue weighted by Gasteiger charge is 2.16. The Hall–Kier alpha value is -3.39. The molecule has 0 amide bonds. The number of rotatable bonds is 6. The Bertz CT molecular complexity index is 1230. The van der Waals surface area contributed by atoms with Crippen molar-refractivity contribution in [3.05, 3.63) is 78.2 Å². The lowest BCUT2D eigenvalue weighted by Gasteiger charge is -2.13. The summed E-state index contributed by atoms with van der Waals surface area (Å²) in [6, 6.07) is 14.5. The Morgan fingerprint density at radius 2 is 1.93 bits per heavy atom. The molecule has 4 aromatic rings. The number of hydrogen-bond acceptors (Lipinski definition) is 5. The van der Waals surface area contributed by atoms with Crippen molar-refractivity contribution in [3.8, 4) is 17.0 Å². The van der Waals surface area contributed by atoms with E-state index in [1.807, 2.05) is 55.7 Å². The number of nitrogens with zero attached hydrogens (tertiary/aromatic N) is 3. The number of anilines is 1. The average molecular weight is 408 g/mol. The molecule has 29 heavy (non-hydrogen) atoms. The first kappa shape index (κ1) is 18.9. The van der Waals surface area contributed by atoms with Crippen LogP contribution in [0.1, 0.15) is 11.1 Å². The summed E-state index contributed by atoms with van der Waals surface area (Å²) in [5.41, 5.74) is 3.59. The molecule has 148 valence electrons. The van der Waals surface area contributed by atoms with Crippen molar-refractivity contribution in [2.45, 2.75) is 12.7 Å². The Labute approximate surface area is 169 Å². The number of aromatic nitrogens is 3. The van der Waals surface area contributed by atoms with Crippen molar-refractivity contribution >= 4 is 21.5 Å². The summed E-state index contributed by atoms with van der Waals surface area (Å²) in [5.74, 6) is 0.877. The van der Waals surface area contributed by atoms with E-state index in [1.165, 1.54) is 7.11 Å². The minimum Gasteiger partial charge on any atom is -0.495 e. The third-order valence-electron chi connectivity index (χ3n) is 4.47. The standard InChI is InChI=1S/C21H20N4O3S/c1-15-4-6-16(7-5-15)14-29(26,27)24-18-12-17(8-9-20(18)28-2)19-13-25-11-3-10-22-21(25)23-19/h3-13,24H,14H2,1-2H3. The number of sulfonamides is 1. The molecule has 0 fully saturated rings. The molecule has 0 saturated carbocycles. The van der Waals surface area contributed by atoms with Gasteiger partial charge in [0.1, 0.15) is 5.75 Å². The highest BCUT2D eigenvalue weighted by molar-refractivity contribution is 7.91. The van der Waals surface area contributed by atoms with Crippen LogP contribution in [-0.2, 0) is 15.8 Å². The van der Waals surface area contributed by atoms with Gasteiger partial charge in [-0.2, -0.15) is 0 Å². The van der Waals surface area contributed by atoms with Crippen LogP contribution >= 0.6 is 0 Å². The number of benzene rings is 2. The van der Waals surface area contributed by atoms with Crippen LogP contribution in [0, 0.1) is 6.92 Å². The van der Waals surface area contributed by atoms with Gasteiger partial charge in [-0.05, 0) is 36.8 Å². The van der Waals surface area contributed by atoms with E-state index >= 15 is 0 Å². The summed E-state index contributed by atoms with van der Waals surface area (Å²) in [5, 5.41) is 0. The van der Waals surface area contributed by atoms with E-state index in [1.54, 1.807) is 22.7 Å². The lowest BCUT2D eigenvalue weighted by atomic mass is 10.1. The molecule has 0 radical (unpaired) electrons. The van der Waals surface area contributed by atoms with Crippen LogP contribution in [0.25, 0.3) is 17.0 Å². The molecule has 0 aliphatic heterocycles. The zero-order valence-electron chi connectivity index (χ0n) is 16.0. The predicted octanol–water partition coefficient (Wildman–Crippen LogP) is 3.66. The zero-order valence-corrected chi connectivity index (χ0v) is 16.8. The number of ether oxygens (including phenoxy) is 1. The van der Waals surface area contributed by atoms with Gasteiger partial charge in [-0.15, -0.1) is 0 Å². The fourth-order valence-electron chi connectivity index (χ4n) is 3.02. The van der Waals surface area contributed by atoms with Crippen molar-refractivity contribution in [1.29, 1.82) is 0 Å². The van der Waals surface area contributed by atoms with E-state index in [0.29, 0.717) is 28.5 Å². The summed E-state index contributed by atoms with van der Waals surface area (Å²) >= 11 is 0. The van der Waals surface area contributed by atoms with Gasteiger partial charge in [0.15, 0.2) is 0 Å². The predicted molar refractivity (Wildman–Crippen MR) is 112 cm³/mol. The van der Waals surface area contributed by atoms with Gasteiger partial charge in [0.05, 0.1) is 24.2 Å². The molecule has 2 heterocycles. The van der Waals surface area contributed by atoms with Crippen LogP contribution in [0.15, 0.2) is 67.1 Å². The van der Waals surface area contributed by atoms with Gasteiger partial charge in [-0.1, -0.05) is 29.8 Å². The third kappa shape index (κ3) is 4.22. The van der Waals surface area contributed by atoms with Gasteiger partial charge in [-0.25, -0.2) is 18.4 Å². The summed E-state index contributed by atoms with van der Waals surface area (Å²) < 4.78 is 35.2. The van der Waals surface area contributed by atoms with Crippen molar-refractivity contribution < 1.29 is 13.2 Å². The van der Waals surface area contributed by atoms with Crippen LogP contribution in [0.3, 0.4) is 0 Å². The van der Waals surface area contributed by atoms with Crippen LogP contribution in [0.4, 0.5) is 5.69 Å². The maximum Gasteiger partial charge on any atom is 0.237 e. The van der Waals surface area contributed by atoms with E-state index < -0.39 is 10.0 Å². The first-order valence-corrected chi connectivity index (χ1v) is 10.6. The molecule has 0 aliphatic rings. The van der Waals surface area contributed by atoms with Crippen LogP contribution in [0.2, 0.25) is 0 Å². The molecule has 0 atom stereocenters. The summed E-state index contributed by atoms with van der Waals surface area (Å²) in [7, 11) is -2.12. The molecule has 0 spiro atoms. The lowest BCUT2D eigenvalue weighted by molar-refractivity contribution is 0.417. The monoisotopic (exact) mass is 408 g/mol. The number of fused-ring (bicyclic) bond motifs is 1. The molecule has 2 aromatic heterocycles. The van der Waals surface area contributed by atoms with E-state index in [0.717, 1.165) is 11.1 Å². The minimum absolute atomic E-state index is 0.126. The van der Waals surface area contributed by atoms with E-state index in [9.17, 15) is 8.42 Å². The van der Waals surface area contributed by atoms with Gasteiger partial charge >= 0.3 is 0 Å². The van der Waals surface area contributed by atoms with Crippen molar-refractivity contribution in [2.75, 3.05) is 11.8 Å². The molecule has 0 aliphatic carbocycles. The quantitative estimate of drug-likeness (QED) is 0.526. The second-order valence-corrected chi connectivity index (χ2v) is 8.44. The maximum atomic E-state index is 12.7. The molecule has 2 aromatic carbocycles. The molecule has 4 rings (SSSR count). The lowest BCUT2D eigenvalue weighted by Crippen LogP contribution is -2.15. The third-order valence-corrected chi connectivity index (χ3v) is 5.72. The number of hydrogen-bond donors (Lipinski definition) is 1. The number of methoxy groups -OCH3 is 1. The molecule has 0 saturated heterocycles. The average Bonchev–Trinajstić information content (AvgIpc) is 3.13. The first-order valence-electron chi connectivity index (χ1n) is 8.98. The fraction of sp³-hybridized carbons (Fsp3) is 0.143. The smallest absolute Gasteiger partial charge is 0.237 e. The molecule has 1 N–H and O–H groups in total. The van der Waals surface area contributed by atoms with Crippen molar-refractivity contribution in [2.24, 2.45) is 0 Å². The summed E-state index contributed by atoms with van der Waals surface area (Å²) in [6.45, 7) is 1.96. The Kier molecular flexibility index (Phi) is 4.94. The highest BCUT2D eigenvalue weighted by atomic mass is 32.2. The summed E-state index contributed by atoms with van der Waals surface area (Å²) in [6.07, 6.45) is 5.37. The van der Waals surface area contributed by atoms with E-state index in [4.69, 9.17) is 4.74 Å². The van der Waals surface area contributed by atoms with Crippen LogP contribution < -0.4 is 9.46 Å². The topological polar surface area (TPSA) is 85.6 Å². The largest absolute Gasteiger partial charge is 0.495 e. The van der Waals surface area contributed by atoms with Crippen LogP contribution in [-0.4, -0.2) is 29.9 Å². The molecule has 7 nitrogen and oxygen atoms in total. The Morgan fingerprint density at radius 1 is 1.14 bits per heavy atom. The first-order chi connectivity index (χ1) is 13.9. The van der Waals surface area contributed by atoms with Crippen molar-refractivity contribution in [3.63, 3.8) is 0 Å². The second-order valence-electron chi connectivity index (χ2n) is 6.71. The molecular weight excluding hydrogens is 388 g/mol. The van der Waals surface area contributed by atoms with Gasteiger partial charge in [-0.3, -0.25) is 9.12 Å². The highest BCUT2D eigenvalue weighted by Crippen LogP contribution is 2.31. The number of imidazole rings is 1. The van der Waals surface area contributed by atoms with Crippen molar-refractivity contribution in [1.82, 2.24) is 14.4 Å². The molecule has 8 heteroatoms. The van der Waals surface area contributed by atoms with E-state index in [2.05, 4.69) is 14.7 Å². The zero-order chi connectivity index (χ0) is 20.4. The normalized spacial score (nSPS) is 11.5. The molecule has 0 unspecified atom stereocenters. The second kappa shape index (κ2) is 7.56. The van der Waals surface area contributed by atoms with Gasteiger partial charge in [0.25, 0.3) is 0 Å². The molecular formula is C21H20N4O3S. The van der Waals surface area contributed by atoms with E-state index in [-0.39, 0.29) is 5.75 Å². The summed E-state index contributed by atoms with van der Waals surface area (Å²) in [4.78, 5) is 8.70. The Morgan fingerprint density at radius 3 is 2.66 bits per heavy atom. The van der Waals surface area contributed by atoms with Gasteiger partial charge in [0, 0.05) is 24.2 Å². The number of aryl methyl sites for hydroxylation is 1. The Balaban J connectivity index is 1.65.